The van der Waals surface area contributed by atoms with Gasteiger partial charge in [-0.2, -0.15) is 0 Å². The van der Waals surface area contributed by atoms with E-state index in [9.17, 15) is 9.59 Å². The summed E-state index contributed by atoms with van der Waals surface area (Å²) in [4.78, 5) is 39.4. The molecule has 3 aliphatic heterocycles. The van der Waals surface area contributed by atoms with Gasteiger partial charge in [-0.25, -0.2) is 9.97 Å². The second-order valence-corrected chi connectivity index (χ2v) is 8.22. The molecule has 0 bridgehead atoms. The minimum Gasteiger partial charge on any atom is -0.378 e. The van der Waals surface area contributed by atoms with Crippen LogP contribution in [0.25, 0.3) is 0 Å². The molecule has 0 saturated carbocycles. The van der Waals surface area contributed by atoms with Crippen LogP contribution in [0.4, 0.5) is 11.5 Å². The lowest BCUT2D eigenvalue weighted by Crippen LogP contribution is -2.43. The number of likely N-dealkylation sites (tertiary alicyclic amines) is 1. The lowest BCUT2D eigenvalue weighted by atomic mass is 9.95. The van der Waals surface area contributed by atoms with Crippen LogP contribution in [0.5, 0.6) is 0 Å². The average Bonchev–Trinajstić information content (AvgIpc) is 3.22. The number of nitrogens with zero attached hydrogens (tertiary/aromatic N) is 5. The van der Waals surface area contributed by atoms with Gasteiger partial charge < -0.3 is 24.8 Å². The molecule has 4 rings (SSSR count). The highest BCUT2D eigenvalue weighted by Crippen LogP contribution is 2.30. The maximum atomic E-state index is 12.6. The number of anilines is 2. The monoisotopic (exact) mass is 416 g/mol. The molecule has 30 heavy (non-hydrogen) atoms. The smallest absolute Gasteiger partial charge is 0.223 e. The molecule has 1 aromatic rings. The lowest BCUT2D eigenvalue weighted by molar-refractivity contribution is -0.127. The maximum Gasteiger partial charge on any atom is 0.223 e. The quantitative estimate of drug-likeness (QED) is 0.653. The van der Waals surface area contributed by atoms with E-state index in [0.29, 0.717) is 13.0 Å². The van der Waals surface area contributed by atoms with Gasteiger partial charge in [-0.15, -0.1) is 0 Å². The van der Waals surface area contributed by atoms with Crippen molar-refractivity contribution < 1.29 is 14.3 Å². The molecule has 0 radical (unpaired) electrons. The third-order valence-electron chi connectivity index (χ3n) is 6.27. The van der Waals surface area contributed by atoms with Gasteiger partial charge in [0.2, 0.25) is 11.8 Å². The van der Waals surface area contributed by atoms with Crippen molar-refractivity contribution in [2.75, 3.05) is 68.8 Å². The topological polar surface area (TPSA) is 90.9 Å². The van der Waals surface area contributed by atoms with Crippen molar-refractivity contribution in [2.45, 2.75) is 32.1 Å². The molecule has 0 spiro atoms. The van der Waals surface area contributed by atoms with E-state index in [1.807, 2.05) is 11.1 Å². The van der Waals surface area contributed by atoms with Gasteiger partial charge in [-0.1, -0.05) is 0 Å². The van der Waals surface area contributed by atoms with Crippen molar-refractivity contribution >= 4 is 23.3 Å². The van der Waals surface area contributed by atoms with E-state index in [4.69, 9.17) is 4.74 Å². The minimum absolute atomic E-state index is 0.0473. The third-order valence-corrected chi connectivity index (χ3v) is 6.27. The van der Waals surface area contributed by atoms with Crippen LogP contribution in [0.1, 0.15) is 32.1 Å². The van der Waals surface area contributed by atoms with Crippen molar-refractivity contribution in [2.24, 2.45) is 5.92 Å². The Hall–Kier alpha value is -2.42. The molecule has 0 atom stereocenters. The molecular weight excluding hydrogens is 384 g/mol. The Bertz CT molecular complexity index is 731. The van der Waals surface area contributed by atoms with E-state index in [1.165, 1.54) is 0 Å². The predicted molar refractivity (Wildman–Crippen MR) is 113 cm³/mol. The molecule has 1 aromatic heterocycles. The molecule has 3 aliphatic rings. The van der Waals surface area contributed by atoms with Crippen LogP contribution in [-0.4, -0.2) is 85.7 Å². The molecule has 0 unspecified atom stereocenters. The van der Waals surface area contributed by atoms with Gasteiger partial charge in [0.25, 0.3) is 0 Å². The Morgan fingerprint density at radius 1 is 1.13 bits per heavy atom. The van der Waals surface area contributed by atoms with Gasteiger partial charge in [0.15, 0.2) is 5.82 Å². The Kier molecular flexibility index (Phi) is 6.99. The molecule has 164 valence electrons. The van der Waals surface area contributed by atoms with Gasteiger partial charge in [-0.05, 0) is 25.7 Å². The van der Waals surface area contributed by atoms with Crippen molar-refractivity contribution in [3.05, 3.63) is 12.5 Å². The highest BCUT2D eigenvalue weighted by Gasteiger charge is 2.28. The number of carbonyl (C=O) groups is 2. The fourth-order valence-corrected chi connectivity index (χ4v) is 4.51. The molecule has 3 fully saturated rings. The van der Waals surface area contributed by atoms with E-state index in [1.54, 1.807) is 6.33 Å². The number of aromatic nitrogens is 2. The molecule has 3 saturated heterocycles. The largest absolute Gasteiger partial charge is 0.378 e. The maximum absolute atomic E-state index is 12.6. The predicted octanol–water partition coefficient (Wildman–Crippen LogP) is 0.658. The molecule has 1 N–H and O–H groups in total. The zero-order chi connectivity index (χ0) is 20.8. The zero-order valence-corrected chi connectivity index (χ0v) is 17.6. The zero-order valence-electron chi connectivity index (χ0n) is 17.6. The van der Waals surface area contributed by atoms with Gasteiger partial charge in [-0.3, -0.25) is 9.59 Å². The van der Waals surface area contributed by atoms with Crippen LogP contribution in [0.15, 0.2) is 12.5 Å². The third kappa shape index (κ3) is 5.00. The van der Waals surface area contributed by atoms with Crippen LogP contribution in [0, 0.1) is 5.92 Å². The molecule has 0 aromatic carbocycles. The van der Waals surface area contributed by atoms with Crippen LogP contribution in [-0.2, 0) is 14.3 Å². The molecule has 4 heterocycles. The van der Waals surface area contributed by atoms with Crippen LogP contribution >= 0.6 is 0 Å². The van der Waals surface area contributed by atoms with Crippen molar-refractivity contribution in [3.8, 4) is 0 Å². The van der Waals surface area contributed by atoms with E-state index in [-0.39, 0.29) is 17.7 Å². The number of morpholine rings is 1. The second-order valence-electron chi connectivity index (χ2n) is 8.22. The number of amides is 2. The highest BCUT2D eigenvalue weighted by atomic mass is 16.5. The van der Waals surface area contributed by atoms with Crippen LogP contribution in [0.2, 0.25) is 0 Å². The SMILES string of the molecule is O=C(NCCCN1CCCC1=O)C1CCN(c2cncnc2N2CCOCC2)CC1. The summed E-state index contributed by atoms with van der Waals surface area (Å²) in [5.41, 5.74) is 1.05. The normalized spacial score (nSPS) is 20.7. The summed E-state index contributed by atoms with van der Waals surface area (Å²) in [6.45, 7) is 7.01. The van der Waals surface area contributed by atoms with Crippen LogP contribution in [0.3, 0.4) is 0 Å². The molecule has 0 aliphatic carbocycles. The first kappa shape index (κ1) is 20.8. The lowest BCUT2D eigenvalue weighted by Gasteiger charge is -2.36. The number of carbonyl (C=O) groups excluding carboxylic acids is 2. The summed E-state index contributed by atoms with van der Waals surface area (Å²) < 4.78 is 5.46. The average molecular weight is 417 g/mol. The van der Waals surface area contributed by atoms with Crippen LogP contribution < -0.4 is 15.1 Å². The van der Waals surface area contributed by atoms with E-state index >= 15 is 0 Å². The Morgan fingerprint density at radius 2 is 1.93 bits per heavy atom. The number of piperidine rings is 1. The summed E-state index contributed by atoms with van der Waals surface area (Å²) in [5, 5.41) is 3.07. The van der Waals surface area contributed by atoms with Gasteiger partial charge in [0.1, 0.15) is 6.33 Å². The first-order valence-electron chi connectivity index (χ1n) is 11.2. The molecule has 9 nitrogen and oxygen atoms in total. The van der Waals surface area contributed by atoms with Gasteiger partial charge in [0.05, 0.1) is 25.1 Å². The standard InChI is InChI=1S/C21H32N6O3/c28-19-3-1-7-26(19)8-2-6-23-21(29)17-4-9-25(10-5-17)18-15-22-16-24-20(18)27-11-13-30-14-12-27/h15-17H,1-14H2,(H,23,29). The first-order valence-corrected chi connectivity index (χ1v) is 11.2. The van der Waals surface area contributed by atoms with Crippen molar-refractivity contribution in [1.29, 1.82) is 0 Å². The number of ether oxygens (including phenoxy) is 1. The Balaban J connectivity index is 1.23. The summed E-state index contributed by atoms with van der Waals surface area (Å²) >= 11 is 0. The summed E-state index contributed by atoms with van der Waals surface area (Å²) in [5.74, 6) is 1.40. The van der Waals surface area contributed by atoms with E-state index in [0.717, 1.165) is 89.7 Å². The van der Waals surface area contributed by atoms with Gasteiger partial charge in [0, 0.05) is 58.2 Å². The fraction of sp³-hybridized carbons (Fsp3) is 0.714. The number of nitrogens with one attached hydrogen (secondary N) is 1. The number of hydrogen-bond donors (Lipinski definition) is 1. The second kappa shape index (κ2) is 10.1. The highest BCUT2D eigenvalue weighted by molar-refractivity contribution is 5.79. The summed E-state index contributed by atoms with van der Waals surface area (Å²) in [7, 11) is 0. The first-order chi connectivity index (χ1) is 14.7. The molecule has 9 heteroatoms. The Morgan fingerprint density at radius 3 is 2.67 bits per heavy atom. The van der Waals surface area contributed by atoms with Crippen molar-refractivity contribution in [3.63, 3.8) is 0 Å². The summed E-state index contributed by atoms with van der Waals surface area (Å²) in [6, 6.07) is 0. The molecule has 2 amide bonds. The van der Waals surface area contributed by atoms with Gasteiger partial charge >= 0.3 is 0 Å². The van der Waals surface area contributed by atoms with E-state index < -0.39 is 0 Å². The summed E-state index contributed by atoms with van der Waals surface area (Å²) in [6.07, 6.45) is 7.60. The fourth-order valence-electron chi connectivity index (χ4n) is 4.51. The number of rotatable bonds is 7. The van der Waals surface area contributed by atoms with Crippen molar-refractivity contribution in [1.82, 2.24) is 20.2 Å². The Labute approximate surface area is 177 Å². The molecular formula is C21H32N6O3. The van der Waals surface area contributed by atoms with E-state index in [2.05, 4.69) is 25.1 Å². The number of hydrogen-bond acceptors (Lipinski definition) is 7. The minimum atomic E-state index is 0.0473.